The monoisotopic (exact) mass is 299 g/mol. The standard InChI is InChI=1S/C17H21N3O2/c1-19(2)11-12-3-5-13(6-4-12)16-10-18-17-8-7-14(20(21)22)9-15(16)17/h5,7-10,12,18H,3-4,6,11H2,1-2H3. The fourth-order valence-electron chi connectivity index (χ4n) is 3.30. The third-order valence-electron chi connectivity index (χ3n) is 4.36. The van der Waals surface area contributed by atoms with E-state index in [0.29, 0.717) is 5.92 Å². The Labute approximate surface area is 129 Å². The zero-order valence-corrected chi connectivity index (χ0v) is 13.0. The number of non-ortho nitro benzene ring substituents is 1. The minimum Gasteiger partial charge on any atom is -0.361 e. The van der Waals surface area contributed by atoms with Gasteiger partial charge in [0, 0.05) is 41.3 Å². The van der Waals surface area contributed by atoms with E-state index in [1.807, 2.05) is 6.20 Å². The van der Waals surface area contributed by atoms with Crippen molar-refractivity contribution in [1.82, 2.24) is 9.88 Å². The Morgan fingerprint density at radius 2 is 2.23 bits per heavy atom. The van der Waals surface area contributed by atoms with Crippen molar-refractivity contribution >= 4 is 22.2 Å². The summed E-state index contributed by atoms with van der Waals surface area (Å²) in [4.78, 5) is 16.1. The third-order valence-corrected chi connectivity index (χ3v) is 4.36. The maximum Gasteiger partial charge on any atom is 0.270 e. The molecule has 1 aliphatic carbocycles. The van der Waals surface area contributed by atoms with Gasteiger partial charge in [0.05, 0.1) is 4.92 Å². The molecule has 0 aliphatic heterocycles. The number of fused-ring (bicyclic) bond motifs is 1. The first-order chi connectivity index (χ1) is 10.5. The van der Waals surface area contributed by atoms with E-state index >= 15 is 0 Å². The number of aromatic amines is 1. The Bertz CT molecular complexity index is 731. The van der Waals surface area contributed by atoms with Crippen LogP contribution in [0, 0.1) is 16.0 Å². The molecule has 2 aromatic rings. The SMILES string of the molecule is CN(C)CC1CC=C(c2c[nH]c3ccc([N+](=O)[O-])cc23)CC1. The first-order valence-corrected chi connectivity index (χ1v) is 7.64. The van der Waals surface area contributed by atoms with Crippen LogP contribution in [-0.2, 0) is 0 Å². The van der Waals surface area contributed by atoms with Gasteiger partial charge in [-0.05, 0) is 50.9 Å². The fourth-order valence-corrected chi connectivity index (χ4v) is 3.30. The molecule has 1 aliphatic rings. The van der Waals surface area contributed by atoms with E-state index in [4.69, 9.17) is 0 Å². The highest BCUT2D eigenvalue weighted by Gasteiger charge is 2.19. The van der Waals surface area contributed by atoms with Gasteiger partial charge in [0.1, 0.15) is 0 Å². The predicted molar refractivity (Wildman–Crippen MR) is 88.8 cm³/mol. The van der Waals surface area contributed by atoms with Crippen molar-refractivity contribution in [1.29, 1.82) is 0 Å². The van der Waals surface area contributed by atoms with Gasteiger partial charge in [-0.15, -0.1) is 0 Å². The Kier molecular flexibility index (Phi) is 3.98. The summed E-state index contributed by atoms with van der Waals surface area (Å²) < 4.78 is 0. The van der Waals surface area contributed by atoms with Gasteiger partial charge in [0.15, 0.2) is 0 Å². The first-order valence-electron chi connectivity index (χ1n) is 7.64. The van der Waals surface area contributed by atoms with Crippen LogP contribution in [0.2, 0.25) is 0 Å². The van der Waals surface area contributed by atoms with Crippen LogP contribution in [0.3, 0.4) is 0 Å². The second-order valence-electron chi connectivity index (χ2n) is 6.32. The molecule has 0 saturated heterocycles. The fraction of sp³-hybridized carbons (Fsp3) is 0.412. The zero-order chi connectivity index (χ0) is 15.7. The molecule has 1 N–H and O–H groups in total. The summed E-state index contributed by atoms with van der Waals surface area (Å²) in [5.41, 5.74) is 3.52. The van der Waals surface area contributed by atoms with Crippen LogP contribution < -0.4 is 0 Å². The number of nitro groups is 1. The number of nitrogens with one attached hydrogen (secondary N) is 1. The number of nitrogens with zero attached hydrogens (tertiary/aromatic N) is 2. The number of nitro benzene ring substituents is 1. The van der Waals surface area contributed by atoms with E-state index in [0.717, 1.165) is 35.9 Å². The van der Waals surface area contributed by atoms with Crippen molar-refractivity contribution in [2.45, 2.75) is 19.3 Å². The summed E-state index contributed by atoms with van der Waals surface area (Å²) in [6, 6.07) is 5.01. The van der Waals surface area contributed by atoms with Gasteiger partial charge < -0.3 is 9.88 Å². The van der Waals surface area contributed by atoms with Crippen LogP contribution in [0.4, 0.5) is 5.69 Å². The maximum absolute atomic E-state index is 11.0. The Morgan fingerprint density at radius 1 is 1.41 bits per heavy atom. The Morgan fingerprint density at radius 3 is 2.86 bits per heavy atom. The molecule has 3 rings (SSSR count). The molecule has 0 fully saturated rings. The molecule has 5 nitrogen and oxygen atoms in total. The quantitative estimate of drug-likeness (QED) is 0.689. The average molecular weight is 299 g/mol. The number of hydrogen-bond acceptors (Lipinski definition) is 3. The molecular weight excluding hydrogens is 278 g/mol. The van der Waals surface area contributed by atoms with Crippen molar-refractivity contribution in [3.63, 3.8) is 0 Å². The Balaban J connectivity index is 1.89. The molecule has 1 atom stereocenters. The number of rotatable bonds is 4. The highest BCUT2D eigenvalue weighted by atomic mass is 16.6. The molecule has 5 heteroatoms. The van der Waals surface area contributed by atoms with Gasteiger partial charge in [-0.25, -0.2) is 0 Å². The summed E-state index contributed by atoms with van der Waals surface area (Å²) in [7, 11) is 4.22. The van der Waals surface area contributed by atoms with E-state index in [2.05, 4.69) is 30.1 Å². The van der Waals surface area contributed by atoms with Gasteiger partial charge in [0.25, 0.3) is 5.69 Å². The highest BCUT2D eigenvalue weighted by Crippen LogP contribution is 2.35. The lowest BCUT2D eigenvalue weighted by Crippen LogP contribution is -2.22. The number of hydrogen-bond donors (Lipinski definition) is 1. The summed E-state index contributed by atoms with van der Waals surface area (Å²) in [6.07, 6.45) is 7.57. The molecule has 1 aromatic carbocycles. The maximum atomic E-state index is 11.0. The molecule has 1 aromatic heterocycles. The van der Waals surface area contributed by atoms with Gasteiger partial charge in [0.2, 0.25) is 0 Å². The molecule has 22 heavy (non-hydrogen) atoms. The van der Waals surface area contributed by atoms with Crippen molar-refractivity contribution < 1.29 is 4.92 Å². The summed E-state index contributed by atoms with van der Waals surface area (Å²) >= 11 is 0. The topological polar surface area (TPSA) is 62.2 Å². The molecular formula is C17H21N3O2. The zero-order valence-electron chi connectivity index (χ0n) is 13.0. The van der Waals surface area contributed by atoms with Crippen LogP contribution in [-0.4, -0.2) is 35.4 Å². The molecule has 116 valence electrons. The van der Waals surface area contributed by atoms with Crippen LogP contribution in [0.1, 0.15) is 24.8 Å². The van der Waals surface area contributed by atoms with Gasteiger partial charge in [-0.2, -0.15) is 0 Å². The van der Waals surface area contributed by atoms with Crippen molar-refractivity contribution in [3.8, 4) is 0 Å². The molecule has 0 saturated carbocycles. The summed E-state index contributed by atoms with van der Waals surface area (Å²) in [5.74, 6) is 0.707. The number of benzene rings is 1. The Hall–Kier alpha value is -2.14. The smallest absolute Gasteiger partial charge is 0.270 e. The molecule has 0 spiro atoms. The number of allylic oxidation sites excluding steroid dienone is 2. The molecule has 1 heterocycles. The van der Waals surface area contributed by atoms with Crippen LogP contribution >= 0.6 is 0 Å². The lowest BCUT2D eigenvalue weighted by molar-refractivity contribution is -0.384. The van der Waals surface area contributed by atoms with Crippen molar-refractivity contribution in [2.24, 2.45) is 5.92 Å². The van der Waals surface area contributed by atoms with E-state index in [1.54, 1.807) is 18.2 Å². The summed E-state index contributed by atoms with van der Waals surface area (Å²) in [5, 5.41) is 11.9. The number of aromatic nitrogens is 1. The second-order valence-corrected chi connectivity index (χ2v) is 6.32. The summed E-state index contributed by atoms with van der Waals surface area (Å²) in [6.45, 7) is 1.11. The average Bonchev–Trinajstić information content (AvgIpc) is 2.90. The minimum atomic E-state index is -0.335. The minimum absolute atomic E-state index is 0.148. The van der Waals surface area contributed by atoms with Crippen molar-refractivity contribution in [2.75, 3.05) is 20.6 Å². The van der Waals surface area contributed by atoms with Gasteiger partial charge in [-0.3, -0.25) is 10.1 Å². The highest BCUT2D eigenvalue weighted by molar-refractivity contribution is 5.94. The first kappa shape index (κ1) is 14.8. The van der Waals surface area contributed by atoms with Gasteiger partial charge >= 0.3 is 0 Å². The lowest BCUT2D eigenvalue weighted by atomic mass is 9.86. The van der Waals surface area contributed by atoms with E-state index < -0.39 is 0 Å². The number of H-pyrrole nitrogens is 1. The lowest BCUT2D eigenvalue weighted by Gasteiger charge is -2.24. The predicted octanol–water partition coefficient (Wildman–Crippen LogP) is 3.82. The van der Waals surface area contributed by atoms with Gasteiger partial charge in [-0.1, -0.05) is 6.08 Å². The molecule has 0 bridgehead atoms. The van der Waals surface area contributed by atoms with Crippen LogP contribution in [0.25, 0.3) is 16.5 Å². The molecule has 0 radical (unpaired) electrons. The second kappa shape index (κ2) is 5.93. The largest absolute Gasteiger partial charge is 0.361 e. The van der Waals surface area contributed by atoms with Crippen LogP contribution in [0.15, 0.2) is 30.5 Å². The molecule has 0 amide bonds. The molecule has 1 unspecified atom stereocenters. The van der Waals surface area contributed by atoms with E-state index in [9.17, 15) is 10.1 Å². The van der Waals surface area contributed by atoms with Crippen molar-refractivity contribution in [3.05, 3.63) is 46.1 Å². The van der Waals surface area contributed by atoms with E-state index in [1.165, 1.54) is 12.0 Å². The van der Waals surface area contributed by atoms with E-state index in [-0.39, 0.29) is 10.6 Å². The van der Waals surface area contributed by atoms with Crippen LogP contribution in [0.5, 0.6) is 0 Å². The normalized spacial score (nSPS) is 18.7. The third kappa shape index (κ3) is 2.90.